The van der Waals surface area contributed by atoms with Crippen molar-refractivity contribution in [2.24, 2.45) is 0 Å². The molecule has 0 aliphatic heterocycles. The van der Waals surface area contributed by atoms with Crippen LogP contribution in [0, 0.1) is 10.1 Å². The van der Waals surface area contributed by atoms with E-state index >= 15 is 0 Å². The summed E-state index contributed by atoms with van der Waals surface area (Å²) in [7, 11) is 0. The van der Waals surface area contributed by atoms with E-state index in [1.165, 1.54) is 18.9 Å². The number of nitro groups is 1. The number of ether oxygens (including phenoxy) is 1. The van der Waals surface area contributed by atoms with Crippen LogP contribution in [-0.2, 0) is 0 Å². The average molecular weight is 280 g/mol. The molecule has 20 heavy (non-hydrogen) atoms. The smallest absolute Gasteiger partial charge is 0.275 e. The quantitative estimate of drug-likeness (QED) is 0.414. The van der Waals surface area contributed by atoms with Crippen LogP contribution < -0.4 is 10.1 Å². The first-order valence-corrected chi connectivity index (χ1v) is 7.25. The van der Waals surface area contributed by atoms with Crippen LogP contribution in [0.3, 0.4) is 0 Å². The zero-order chi connectivity index (χ0) is 15.0. The van der Waals surface area contributed by atoms with Crippen molar-refractivity contribution in [1.82, 2.24) is 0 Å². The Kier molecular flexibility index (Phi) is 6.84. The largest absolute Gasteiger partial charge is 0.494 e. The molecule has 0 bridgehead atoms. The Morgan fingerprint density at radius 3 is 2.65 bits per heavy atom. The molecule has 0 saturated heterocycles. The van der Waals surface area contributed by atoms with Gasteiger partial charge in [-0.3, -0.25) is 10.1 Å². The van der Waals surface area contributed by atoms with Gasteiger partial charge in [-0.25, -0.2) is 0 Å². The van der Waals surface area contributed by atoms with Gasteiger partial charge in [0.05, 0.1) is 17.6 Å². The van der Waals surface area contributed by atoms with Crippen LogP contribution in [0.15, 0.2) is 18.2 Å². The maximum absolute atomic E-state index is 10.9. The highest BCUT2D eigenvalue weighted by Gasteiger charge is 2.12. The lowest BCUT2D eigenvalue weighted by Gasteiger charge is -2.16. The number of hydrogen-bond donors (Lipinski definition) is 1. The molecule has 0 aliphatic carbocycles. The molecule has 0 aromatic heterocycles. The van der Waals surface area contributed by atoms with E-state index in [1.54, 1.807) is 6.07 Å². The molecule has 1 atom stereocenters. The minimum Gasteiger partial charge on any atom is -0.494 e. The van der Waals surface area contributed by atoms with Crippen LogP contribution in [0.4, 0.5) is 11.4 Å². The normalized spacial score (nSPS) is 11.9. The average Bonchev–Trinajstić information content (AvgIpc) is 2.39. The Bertz CT molecular complexity index is 435. The summed E-state index contributed by atoms with van der Waals surface area (Å²) in [6, 6.07) is 5.11. The van der Waals surface area contributed by atoms with Gasteiger partial charge in [0, 0.05) is 23.9 Å². The molecule has 1 aromatic carbocycles. The third-order valence-electron chi connectivity index (χ3n) is 3.07. The van der Waals surface area contributed by atoms with E-state index in [2.05, 4.69) is 19.2 Å². The SMILES string of the molecule is CCCCCC(C)Nc1cc(OCC)cc([N+](=O)[O-])c1. The van der Waals surface area contributed by atoms with Crippen LogP contribution in [0.2, 0.25) is 0 Å². The van der Waals surface area contributed by atoms with E-state index in [0.29, 0.717) is 12.4 Å². The highest BCUT2D eigenvalue weighted by molar-refractivity contribution is 5.56. The molecule has 0 heterocycles. The van der Waals surface area contributed by atoms with Crippen molar-refractivity contribution in [3.63, 3.8) is 0 Å². The summed E-state index contributed by atoms with van der Waals surface area (Å²) in [6.07, 6.45) is 4.63. The summed E-state index contributed by atoms with van der Waals surface area (Å²) in [5.41, 5.74) is 0.797. The van der Waals surface area contributed by atoms with Gasteiger partial charge in [0.25, 0.3) is 5.69 Å². The number of hydrogen-bond acceptors (Lipinski definition) is 4. The molecule has 5 heteroatoms. The van der Waals surface area contributed by atoms with Crippen molar-refractivity contribution >= 4 is 11.4 Å². The molecule has 0 fully saturated rings. The van der Waals surface area contributed by atoms with Crippen LogP contribution in [-0.4, -0.2) is 17.6 Å². The number of non-ortho nitro benzene ring substituents is 1. The van der Waals surface area contributed by atoms with Gasteiger partial charge in [-0.2, -0.15) is 0 Å². The molecule has 5 nitrogen and oxygen atoms in total. The predicted molar refractivity (Wildman–Crippen MR) is 81.5 cm³/mol. The zero-order valence-corrected chi connectivity index (χ0v) is 12.5. The highest BCUT2D eigenvalue weighted by atomic mass is 16.6. The molecule has 0 aliphatic rings. The van der Waals surface area contributed by atoms with Crippen LogP contribution >= 0.6 is 0 Å². The fraction of sp³-hybridized carbons (Fsp3) is 0.600. The molecular weight excluding hydrogens is 256 g/mol. The third-order valence-corrected chi connectivity index (χ3v) is 3.07. The maximum atomic E-state index is 10.9. The molecule has 1 unspecified atom stereocenters. The van der Waals surface area contributed by atoms with Gasteiger partial charge in [-0.1, -0.05) is 26.2 Å². The standard InChI is InChI=1S/C15H24N2O3/c1-4-6-7-8-12(3)16-13-9-14(17(18)19)11-15(10-13)20-5-2/h9-12,16H,4-8H2,1-3H3. The Hall–Kier alpha value is -1.78. The highest BCUT2D eigenvalue weighted by Crippen LogP contribution is 2.27. The first kappa shape index (κ1) is 16.3. The van der Waals surface area contributed by atoms with E-state index in [9.17, 15) is 10.1 Å². The van der Waals surface area contributed by atoms with Crippen molar-refractivity contribution in [3.8, 4) is 5.75 Å². The predicted octanol–water partition coefficient (Wildman–Crippen LogP) is 4.37. The van der Waals surface area contributed by atoms with Gasteiger partial charge in [-0.15, -0.1) is 0 Å². The number of anilines is 1. The summed E-state index contributed by atoms with van der Waals surface area (Å²) in [4.78, 5) is 10.5. The number of benzene rings is 1. The summed E-state index contributed by atoms with van der Waals surface area (Å²) in [6.45, 7) is 6.62. The Morgan fingerprint density at radius 1 is 1.30 bits per heavy atom. The van der Waals surface area contributed by atoms with Gasteiger partial charge >= 0.3 is 0 Å². The number of nitrogens with zero attached hydrogens (tertiary/aromatic N) is 1. The first-order chi connectivity index (χ1) is 9.56. The van der Waals surface area contributed by atoms with Crippen molar-refractivity contribution in [1.29, 1.82) is 0 Å². The molecule has 0 radical (unpaired) electrons. The fourth-order valence-electron chi connectivity index (χ4n) is 2.08. The Balaban J connectivity index is 2.74. The van der Waals surface area contributed by atoms with E-state index in [0.717, 1.165) is 18.5 Å². The van der Waals surface area contributed by atoms with Gasteiger partial charge in [-0.05, 0) is 20.3 Å². The number of rotatable bonds is 9. The number of unbranched alkanes of at least 4 members (excludes halogenated alkanes) is 2. The minimum absolute atomic E-state index is 0.0548. The molecule has 0 saturated carbocycles. The Morgan fingerprint density at radius 2 is 2.05 bits per heavy atom. The van der Waals surface area contributed by atoms with Crippen LogP contribution in [0.5, 0.6) is 5.75 Å². The van der Waals surface area contributed by atoms with Gasteiger partial charge < -0.3 is 10.1 Å². The second kappa shape index (κ2) is 8.40. The second-order valence-corrected chi connectivity index (χ2v) is 4.95. The minimum atomic E-state index is -0.393. The maximum Gasteiger partial charge on any atom is 0.275 e. The zero-order valence-electron chi connectivity index (χ0n) is 12.5. The molecular formula is C15H24N2O3. The number of nitro benzene ring substituents is 1. The summed E-state index contributed by atoms with van der Waals surface area (Å²) >= 11 is 0. The molecule has 0 amide bonds. The molecule has 1 rings (SSSR count). The van der Waals surface area contributed by atoms with E-state index in [4.69, 9.17) is 4.74 Å². The van der Waals surface area contributed by atoms with Crippen LogP contribution in [0.1, 0.15) is 46.5 Å². The molecule has 0 spiro atoms. The second-order valence-electron chi connectivity index (χ2n) is 4.95. The van der Waals surface area contributed by atoms with Crippen molar-refractivity contribution in [2.45, 2.75) is 52.5 Å². The summed E-state index contributed by atoms with van der Waals surface area (Å²) < 4.78 is 5.37. The molecule has 112 valence electrons. The lowest BCUT2D eigenvalue weighted by molar-refractivity contribution is -0.384. The fourth-order valence-corrected chi connectivity index (χ4v) is 2.08. The Labute approximate surface area is 120 Å². The van der Waals surface area contributed by atoms with Crippen molar-refractivity contribution in [2.75, 3.05) is 11.9 Å². The van der Waals surface area contributed by atoms with E-state index in [1.807, 2.05) is 13.0 Å². The number of nitrogens with one attached hydrogen (secondary N) is 1. The van der Waals surface area contributed by atoms with Crippen molar-refractivity contribution in [3.05, 3.63) is 28.3 Å². The summed E-state index contributed by atoms with van der Waals surface area (Å²) in [5.74, 6) is 0.532. The lowest BCUT2D eigenvalue weighted by atomic mass is 10.1. The third kappa shape index (κ3) is 5.47. The van der Waals surface area contributed by atoms with Crippen molar-refractivity contribution < 1.29 is 9.66 Å². The molecule has 1 N–H and O–H groups in total. The first-order valence-electron chi connectivity index (χ1n) is 7.25. The van der Waals surface area contributed by atoms with Gasteiger partial charge in [0.2, 0.25) is 0 Å². The van der Waals surface area contributed by atoms with Gasteiger partial charge in [0.1, 0.15) is 5.75 Å². The lowest BCUT2D eigenvalue weighted by Crippen LogP contribution is -2.15. The van der Waals surface area contributed by atoms with Crippen LogP contribution in [0.25, 0.3) is 0 Å². The monoisotopic (exact) mass is 280 g/mol. The topological polar surface area (TPSA) is 64.4 Å². The van der Waals surface area contributed by atoms with E-state index in [-0.39, 0.29) is 11.7 Å². The molecule has 1 aromatic rings. The van der Waals surface area contributed by atoms with E-state index < -0.39 is 4.92 Å². The van der Waals surface area contributed by atoms with Gasteiger partial charge in [0.15, 0.2) is 0 Å². The summed E-state index contributed by atoms with van der Waals surface area (Å²) in [5, 5.41) is 14.2.